The minimum atomic E-state index is -0.234. The molecule has 1 fully saturated rings. The van der Waals surface area contributed by atoms with Crippen molar-refractivity contribution in [3.05, 3.63) is 59.4 Å². The van der Waals surface area contributed by atoms with Gasteiger partial charge in [0.25, 0.3) is 0 Å². The smallest absolute Gasteiger partial charge is 0.123 e. The van der Waals surface area contributed by atoms with Crippen LogP contribution in [0, 0.1) is 5.82 Å². The average Bonchev–Trinajstić information content (AvgIpc) is 2.87. The molecular formula is C20H24ClFN2O. The van der Waals surface area contributed by atoms with Gasteiger partial charge in [-0.2, -0.15) is 0 Å². The summed E-state index contributed by atoms with van der Waals surface area (Å²) in [5, 5.41) is 0.779. The molecular weight excluding hydrogens is 339 g/mol. The molecule has 5 heteroatoms. The zero-order valence-corrected chi connectivity index (χ0v) is 15.1. The third-order valence-corrected chi connectivity index (χ3v) is 4.73. The summed E-state index contributed by atoms with van der Waals surface area (Å²) < 4.78 is 18.5. The van der Waals surface area contributed by atoms with Gasteiger partial charge in [-0.1, -0.05) is 11.6 Å². The summed E-state index contributed by atoms with van der Waals surface area (Å²) in [6, 6.07) is 14.3. The van der Waals surface area contributed by atoms with Crippen molar-refractivity contribution in [3.63, 3.8) is 0 Å². The molecule has 134 valence electrons. The molecule has 1 heterocycles. The highest BCUT2D eigenvalue weighted by Gasteiger charge is 2.14. The number of rotatable bonds is 6. The van der Waals surface area contributed by atoms with Crippen LogP contribution in [-0.2, 0) is 0 Å². The van der Waals surface area contributed by atoms with Gasteiger partial charge in [0.15, 0.2) is 0 Å². The molecule has 1 saturated heterocycles. The summed E-state index contributed by atoms with van der Waals surface area (Å²) in [6.07, 6.45) is 2.12. The Bertz CT molecular complexity index is 648. The molecule has 0 bridgehead atoms. The van der Waals surface area contributed by atoms with E-state index in [0.29, 0.717) is 6.61 Å². The van der Waals surface area contributed by atoms with Gasteiger partial charge in [-0.05, 0) is 67.9 Å². The van der Waals surface area contributed by atoms with Crippen LogP contribution in [0.4, 0.5) is 10.1 Å². The van der Waals surface area contributed by atoms with Gasteiger partial charge in [0.1, 0.15) is 11.6 Å². The third-order valence-electron chi connectivity index (χ3n) is 4.48. The fourth-order valence-electron chi connectivity index (χ4n) is 3.11. The van der Waals surface area contributed by atoms with Crippen LogP contribution in [0.3, 0.4) is 0 Å². The van der Waals surface area contributed by atoms with Crippen LogP contribution in [-0.4, -0.2) is 44.2 Å². The minimum Gasteiger partial charge on any atom is -0.494 e. The second-order valence-corrected chi connectivity index (χ2v) is 6.75. The Morgan fingerprint density at radius 3 is 2.44 bits per heavy atom. The number of anilines is 1. The SMILES string of the molecule is Fc1ccc(OCCCN2CCCN(c3ccc(Cl)cc3)CC2)cc1. The highest BCUT2D eigenvalue weighted by Crippen LogP contribution is 2.19. The van der Waals surface area contributed by atoms with Crippen molar-refractivity contribution in [2.24, 2.45) is 0 Å². The molecule has 2 aromatic rings. The van der Waals surface area contributed by atoms with Crippen LogP contribution in [0.25, 0.3) is 0 Å². The molecule has 1 aliphatic heterocycles. The predicted octanol–water partition coefficient (Wildman–Crippen LogP) is 4.46. The maximum atomic E-state index is 12.9. The molecule has 0 aliphatic carbocycles. The van der Waals surface area contributed by atoms with Crippen LogP contribution in [0.1, 0.15) is 12.8 Å². The lowest BCUT2D eigenvalue weighted by molar-refractivity contribution is 0.244. The molecule has 0 atom stereocenters. The molecule has 3 rings (SSSR count). The van der Waals surface area contributed by atoms with E-state index in [2.05, 4.69) is 21.9 Å². The van der Waals surface area contributed by atoms with Crippen LogP contribution < -0.4 is 9.64 Å². The largest absolute Gasteiger partial charge is 0.494 e. The van der Waals surface area contributed by atoms with Crippen molar-refractivity contribution >= 4 is 17.3 Å². The highest BCUT2D eigenvalue weighted by atomic mass is 35.5. The second-order valence-electron chi connectivity index (χ2n) is 6.31. The zero-order valence-electron chi connectivity index (χ0n) is 14.3. The molecule has 0 saturated carbocycles. The minimum absolute atomic E-state index is 0.234. The quantitative estimate of drug-likeness (QED) is 0.705. The summed E-state index contributed by atoms with van der Waals surface area (Å²) in [5.74, 6) is 0.494. The molecule has 0 N–H and O–H groups in total. The molecule has 0 radical (unpaired) electrons. The monoisotopic (exact) mass is 362 g/mol. The third kappa shape index (κ3) is 5.62. The van der Waals surface area contributed by atoms with Crippen molar-refractivity contribution in [2.75, 3.05) is 44.2 Å². The second kappa shape index (κ2) is 9.07. The lowest BCUT2D eigenvalue weighted by Crippen LogP contribution is -2.31. The van der Waals surface area contributed by atoms with Gasteiger partial charge in [0, 0.05) is 36.9 Å². The summed E-state index contributed by atoms with van der Waals surface area (Å²) in [7, 11) is 0. The summed E-state index contributed by atoms with van der Waals surface area (Å²) in [6.45, 7) is 5.95. The first-order valence-corrected chi connectivity index (χ1v) is 9.20. The molecule has 2 aromatic carbocycles. The van der Waals surface area contributed by atoms with Gasteiger partial charge >= 0.3 is 0 Å². The van der Waals surface area contributed by atoms with Gasteiger partial charge in [-0.25, -0.2) is 4.39 Å². The maximum absolute atomic E-state index is 12.9. The summed E-state index contributed by atoms with van der Waals surface area (Å²) >= 11 is 5.97. The molecule has 1 aliphatic rings. The number of halogens is 2. The van der Waals surface area contributed by atoms with Gasteiger partial charge in [0.2, 0.25) is 0 Å². The Balaban J connectivity index is 1.39. The Labute approximate surface area is 154 Å². The van der Waals surface area contributed by atoms with Crippen molar-refractivity contribution in [3.8, 4) is 5.75 Å². The van der Waals surface area contributed by atoms with Crippen molar-refractivity contribution in [1.82, 2.24) is 4.90 Å². The fourth-order valence-corrected chi connectivity index (χ4v) is 3.24. The summed E-state index contributed by atoms with van der Waals surface area (Å²) in [5.41, 5.74) is 1.24. The zero-order chi connectivity index (χ0) is 17.5. The first kappa shape index (κ1) is 18.0. The molecule has 0 amide bonds. The first-order chi connectivity index (χ1) is 12.2. The van der Waals surface area contributed by atoms with E-state index in [1.54, 1.807) is 12.1 Å². The van der Waals surface area contributed by atoms with E-state index in [0.717, 1.165) is 56.3 Å². The Morgan fingerprint density at radius 2 is 1.68 bits per heavy atom. The number of hydrogen-bond acceptors (Lipinski definition) is 3. The van der Waals surface area contributed by atoms with Crippen molar-refractivity contribution in [1.29, 1.82) is 0 Å². The Kier molecular flexibility index (Phi) is 6.54. The molecule has 0 aromatic heterocycles. The molecule has 3 nitrogen and oxygen atoms in total. The lowest BCUT2D eigenvalue weighted by Gasteiger charge is -2.23. The summed E-state index contributed by atoms with van der Waals surface area (Å²) in [4.78, 5) is 4.91. The lowest BCUT2D eigenvalue weighted by atomic mass is 10.2. The average molecular weight is 363 g/mol. The number of ether oxygens (including phenoxy) is 1. The van der Waals surface area contributed by atoms with Gasteiger partial charge in [0.05, 0.1) is 6.61 Å². The molecule has 0 spiro atoms. The van der Waals surface area contributed by atoms with E-state index in [1.807, 2.05) is 12.1 Å². The van der Waals surface area contributed by atoms with Gasteiger partial charge in [-0.15, -0.1) is 0 Å². The van der Waals surface area contributed by atoms with Gasteiger partial charge in [-0.3, -0.25) is 0 Å². The van der Waals surface area contributed by atoms with Gasteiger partial charge < -0.3 is 14.5 Å². The first-order valence-electron chi connectivity index (χ1n) is 8.82. The molecule has 0 unspecified atom stereocenters. The fraction of sp³-hybridized carbons (Fsp3) is 0.400. The maximum Gasteiger partial charge on any atom is 0.123 e. The Hall–Kier alpha value is -1.78. The van der Waals surface area contributed by atoms with E-state index in [4.69, 9.17) is 16.3 Å². The van der Waals surface area contributed by atoms with Crippen molar-refractivity contribution in [2.45, 2.75) is 12.8 Å². The van der Waals surface area contributed by atoms with Crippen LogP contribution >= 0.6 is 11.6 Å². The van der Waals surface area contributed by atoms with Crippen molar-refractivity contribution < 1.29 is 9.13 Å². The van der Waals surface area contributed by atoms with E-state index >= 15 is 0 Å². The normalized spacial score (nSPS) is 15.8. The number of hydrogen-bond donors (Lipinski definition) is 0. The van der Waals surface area contributed by atoms with E-state index in [9.17, 15) is 4.39 Å². The van der Waals surface area contributed by atoms with Crippen LogP contribution in [0.2, 0.25) is 5.02 Å². The Morgan fingerprint density at radius 1 is 0.920 bits per heavy atom. The standard InChI is InChI=1S/C20H24ClFN2O/c21-17-3-7-19(8-4-17)24-13-1-11-23(14-15-24)12-2-16-25-20-9-5-18(22)6-10-20/h3-10H,1-2,11-16H2. The predicted molar refractivity (Wildman–Crippen MR) is 101 cm³/mol. The number of benzene rings is 2. The van der Waals surface area contributed by atoms with E-state index in [-0.39, 0.29) is 5.82 Å². The highest BCUT2D eigenvalue weighted by molar-refractivity contribution is 6.30. The number of nitrogens with zero attached hydrogens (tertiary/aromatic N) is 2. The van der Waals surface area contributed by atoms with Crippen LogP contribution in [0.5, 0.6) is 5.75 Å². The van der Waals surface area contributed by atoms with Crippen LogP contribution in [0.15, 0.2) is 48.5 Å². The molecule has 25 heavy (non-hydrogen) atoms. The van der Waals surface area contributed by atoms with E-state index < -0.39 is 0 Å². The topological polar surface area (TPSA) is 15.7 Å². The van der Waals surface area contributed by atoms with E-state index in [1.165, 1.54) is 17.8 Å².